The van der Waals surface area contributed by atoms with Crippen molar-refractivity contribution in [2.75, 3.05) is 13.7 Å². The second-order valence-electron chi connectivity index (χ2n) is 4.50. The molecule has 0 saturated carbocycles. The molecule has 1 heterocycles. The van der Waals surface area contributed by atoms with Crippen LogP contribution in [0.2, 0.25) is 0 Å². The molecule has 0 amide bonds. The lowest BCUT2D eigenvalue weighted by molar-refractivity contribution is -0.167. The van der Waals surface area contributed by atoms with E-state index in [0.29, 0.717) is 5.57 Å². The van der Waals surface area contributed by atoms with Gasteiger partial charge < -0.3 is 14.2 Å². The highest BCUT2D eigenvalue weighted by atomic mass is 16.7. The molecule has 1 aromatic carbocycles. The second-order valence-corrected chi connectivity index (χ2v) is 4.50. The van der Waals surface area contributed by atoms with Crippen LogP contribution in [0.4, 0.5) is 0 Å². The quantitative estimate of drug-likeness (QED) is 0.627. The largest absolute Gasteiger partial charge is 0.497 e. The van der Waals surface area contributed by atoms with E-state index in [-0.39, 0.29) is 12.4 Å². The highest BCUT2D eigenvalue weighted by Gasteiger charge is 2.20. The summed E-state index contributed by atoms with van der Waals surface area (Å²) < 4.78 is 15.2. The maximum atomic E-state index is 11.7. The maximum absolute atomic E-state index is 11.7. The third-order valence-corrected chi connectivity index (χ3v) is 2.96. The van der Waals surface area contributed by atoms with Crippen molar-refractivity contribution in [1.82, 2.24) is 0 Å². The first-order chi connectivity index (χ1) is 10.1. The Bertz CT molecular complexity index is 583. The van der Waals surface area contributed by atoms with Gasteiger partial charge in [0.2, 0.25) is 6.29 Å². The van der Waals surface area contributed by atoms with Crippen molar-refractivity contribution in [2.45, 2.75) is 13.2 Å². The fourth-order valence-corrected chi connectivity index (χ4v) is 1.72. The van der Waals surface area contributed by atoms with E-state index in [2.05, 4.69) is 0 Å². The van der Waals surface area contributed by atoms with Crippen LogP contribution in [0.3, 0.4) is 0 Å². The standard InChI is InChI=1S/C16H16O5/c1-11-9-16(20-10-14(11)17)21-15(18)8-5-12-3-6-13(19-2)7-4-12/h3-9,16H,10H2,1-2H3/b8-5+/t16-/m0/s1. The van der Waals surface area contributed by atoms with Crippen molar-refractivity contribution >= 4 is 17.8 Å². The Morgan fingerprint density at radius 2 is 2.05 bits per heavy atom. The van der Waals surface area contributed by atoms with E-state index in [1.807, 2.05) is 12.1 Å². The number of esters is 1. The fourth-order valence-electron chi connectivity index (χ4n) is 1.72. The lowest BCUT2D eigenvalue weighted by Crippen LogP contribution is -2.27. The summed E-state index contributed by atoms with van der Waals surface area (Å²) in [6, 6.07) is 7.24. The summed E-state index contributed by atoms with van der Waals surface area (Å²) in [5.74, 6) is 0.112. The van der Waals surface area contributed by atoms with E-state index in [1.165, 1.54) is 12.2 Å². The van der Waals surface area contributed by atoms with Gasteiger partial charge in [-0.2, -0.15) is 0 Å². The van der Waals surface area contributed by atoms with Crippen LogP contribution in [0.5, 0.6) is 5.75 Å². The van der Waals surface area contributed by atoms with Gasteiger partial charge in [-0.3, -0.25) is 4.79 Å². The second kappa shape index (κ2) is 6.85. The molecular formula is C16H16O5. The van der Waals surface area contributed by atoms with Crippen molar-refractivity contribution in [3.63, 3.8) is 0 Å². The van der Waals surface area contributed by atoms with Crippen LogP contribution in [0.25, 0.3) is 6.08 Å². The van der Waals surface area contributed by atoms with Gasteiger partial charge >= 0.3 is 5.97 Å². The SMILES string of the molecule is COc1ccc(/C=C/C(=O)O[C@H]2C=C(C)C(=O)CO2)cc1. The lowest BCUT2D eigenvalue weighted by atomic mass is 10.1. The van der Waals surface area contributed by atoms with Gasteiger partial charge in [0, 0.05) is 6.08 Å². The van der Waals surface area contributed by atoms with Crippen molar-refractivity contribution in [3.05, 3.63) is 47.6 Å². The number of rotatable bonds is 4. The fraction of sp³-hybridized carbons (Fsp3) is 0.250. The van der Waals surface area contributed by atoms with Crippen LogP contribution in [0, 0.1) is 0 Å². The number of carbonyl (C=O) groups excluding carboxylic acids is 2. The summed E-state index contributed by atoms with van der Waals surface area (Å²) in [6.45, 7) is 1.60. The van der Waals surface area contributed by atoms with E-state index in [1.54, 1.807) is 32.2 Å². The number of benzene rings is 1. The normalized spacial score (nSPS) is 18.5. The summed E-state index contributed by atoms with van der Waals surface area (Å²) in [6.07, 6.45) is 3.62. The first-order valence-corrected chi connectivity index (χ1v) is 6.44. The first-order valence-electron chi connectivity index (χ1n) is 6.44. The van der Waals surface area contributed by atoms with Crippen LogP contribution in [0.1, 0.15) is 12.5 Å². The van der Waals surface area contributed by atoms with Crippen molar-refractivity contribution in [3.8, 4) is 5.75 Å². The molecule has 0 aromatic heterocycles. The molecule has 1 aliphatic rings. The predicted molar refractivity (Wildman–Crippen MR) is 76.6 cm³/mol. The molecule has 1 atom stereocenters. The van der Waals surface area contributed by atoms with Gasteiger partial charge in [-0.05, 0) is 42.3 Å². The van der Waals surface area contributed by atoms with E-state index in [4.69, 9.17) is 14.2 Å². The molecule has 0 spiro atoms. The molecule has 110 valence electrons. The molecule has 0 fully saturated rings. The number of Topliss-reactive ketones (excluding diaryl/α,β-unsaturated/α-hetero) is 1. The summed E-state index contributed by atoms with van der Waals surface area (Å²) in [5.41, 5.74) is 1.39. The monoisotopic (exact) mass is 288 g/mol. The van der Waals surface area contributed by atoms with Crippen LogP contribution < -0.4 is 4.74 Å². The molecule has 0 N–H and O–H groups in total. The summed E-state index contributed by atoms with van der Waals surface area (Å²) >= 11 is 0. The minimum Gasteiger partial charge on any atom is -0.497 e. The maximum Gasteiger partial charge on any atom is 0.333 e. The Morgan fingerprint density at radius 1 is 1.33 bits per heavy atom. The predicted octanol–water partition coefficient (Wildman–Crippen LogP) is 2.12. The van der Waals surface area contributed by atoms with E-state index in [9.17, 15) is 9.59 Å². The third kappa shape index (κ3) is 4.29. The van der Waals surface area contributed by atoms with Crippen LogP contribution in [-0.4, -0.2) is 31.8 Å². The minimum absolute atomic E-state index is 0.0670. The lowest BCUT2D eigenvalue weighted by Gasteiger charge is -2.18. The van der Waals surface area contributed by atoms with Crippen molar-refractivity contribution < 1.29 is 23.8 Å². The molecule has 21 heavy (non-hydrogen) atoms. The van der Waals surface area contributed by atoms with Crippen LogP contribution in [-0.2, 0) is 19.1 Å². The number of methoxy groups -OCH3 is 1. The zero-order valence-electron chi connectivity index (χ0n) is 11.9. The molecule has 5 nitrogen and oxygen atoms in total. The van der Waals surface area contributed by atoms with Gasteiger partial charge in [0.15, 0.2) is 5.78 Å². The molecule has 0 unspecified atom stereocenters. The smallest absolute Gasteiger partial charge is 0.333 e. The minimum atomic E-state index is -0.810. The molecule has 0 saturated heterocycles. The number of hydrogen-bond acceptors (Lipinski definition) is 5. The van der Waals surface area contributed by atoms with Gasteiger partial charge in [-0.25, -0.2) is 4.79 Å². The zero-order valence-corrected chi connectivity index (χ0v) is 11.9. The average Bonchev–Trinajstić information content (AvgIpc) is 2.49. The van der Waals surface area contributed by atoms with Crippen LogP contribution in [0.15, 0.2) is 42.0 Å². The highest BCUT2D eigenvalue weighted by Crippen LogP contribution is 2.13. The topological polar surface area (TPSA) is 61.8 Å². The molecule has 1 aliphatic heterocycles. The number of carbonyl (C=O) groups is 2. The zero-order chi connectivity index (χ0) is 15.2. The molecule has 0 aliphatic carbocycles. The molecule has 2 rings (SSSR count). The number of ether oxygens (including phenoxy) is 3. The van der Waals surface area contributed by atoms with E-state index in [0.717, 1.165) is 11.3 Å². The van der Waals surface area contributed by atoms with Crippen molar-refractivity contribution in [1.29, 1.82) is 0 Å². The third-order valence-electron chi connectivity index (χ3n) is 2.96. The van der Waals surface area contributed by atoms with Gasteiger partial charge in [0.1, 0.15) is 12.4 Å². The number of ketones is 1. The Balaban J connectivity index is 1.92. The average molecular weight is 288 g/mol. The first kappa shape index (κ1) is 15.0. The Kier molecular flexibility index (Phi) is 4.90. The molecule has 0 bridgehead atoms. The van der Waals surface area contributed by atoms with Gasteiger partial charge in [0.05, 0.1) is 7.11 Å². The van der Waals surface area contributed by atoms with Gasteiger partial charge in [0.25, 0.3) is 0 Å². The Labute approximate surface area is 122 Å². The van der Waals surface area contributed by atoms with E-state index >= 15 is 0 Å². The summed E-state index contributed by atoms with van der Waals surface area (Å²) in [5, 5.41) is 0. The number of hydrogen-bond donors (Lipinski definition) is 0. The van der Waals surface area contributed by atoms with Crippen LogP contribution >= 0.6 is 0 Å². The summed E-state index contributed by atoms with van der Waals surface area (Å²) in [4.78, 5) is 22.9. The highest BCUT2D eigenvalue weighted by molar-refractivity contribution is 5.96. The molecule has 0 radical (unpaired) electrons. The summed E-state index contributed by atoms with van der Waals surface area (Å²) in [7, 11) is 1.59. The molecular weight excluding hydrogens is 272 g/mol. The molecule has 1 aromatic rings. The van der Waals surface area contributed by atoms with Gasteiger partial charge in [-0.15, -0.1) is 0 Å². The van der Waals surface area contributed by atoms with E-state index < -0.39 is 12.3 Å². The van der Waals surface area contributed by atoms with Crippen molar-refractivity contribution in [2.24, 2.45) is 0 Å². The Hall–Kier alpha value is -2.40. The Morgan fingerprint density at radius 3 is 2.67 bits per heavy atom. The molecule has 5 heteroatoms. The van der Waals surface area contributed by atoms with Gasteiger partial charge in [-0.1, -0.05) is 12.1 Å².